The number of aromatic nitrogens is 2. The molecule has 1 aromatic heterocycles. The van der Waals surface area contributed by atoms with Crippen molar-refractivity contribution >= 4 is 5.91 Å². The van der Waals surface area contributed by atoms with Crippen molar-refractivity contribution in [2.24, 2.45) is 0 Å². The highest BCUT2D eigenvalue weighted by molar-refractivity contribution is 5.86. The van der Waals surface area contributed by atoms with E-state index in [-0.39, 0.29) is 18.3 Å². The van der Waals surface area contributed by atoms with Crippen molar-refractivity contribution in [1.29, 1.82) is 0 Å². The van der Waals surface area contributed by atoms with Crippen LogP contribution in [0.1, 0.15) is 36.2 Å². The standard InChI is InChI=1S/C21H27FN4O2/c1-16-12-18-14-24(9-5-11-26(18)23-16)15-21(28)8-4-10-25(20(21)27)13-17-6-2-3-7-19(17)22/h2-3,6-7,12,28H,4-5,8-11,13-15H2,1H3. The second-order valence-electron chi connectivity index (χ2n) is 8.02. The number of nitrogens with zero attached hydrogens (tertiary/aromatic N) is 4. The van der Waals surface area contributed by atoms with Gasteiger partial charge in [0.2, 0.25) is 0 Å². The molecule has 1 fully saturated rings. The second-order valence-corrected chi connectivity index (χ2v) is 8.02. The van der Waals surface area contributed by atoms with Gasteiger partial charge in [0, 0.05) is 44.8 Å². The van der Waals surface area contributed by atoms with Gasteiger partial charge in [-0.3, -0.25) is 14.4 Å². The molecular weight excluding hydrogens is 359 g/mol. The Labute approximate surface area is 164 Å². The van der Waals surface area contributed by atoms with E-state index in [1.807, 2.05) is 11.6 Å². The molecule has 2 aromatic rings. The molecule has 150 valence electrons. The number of piperidine rings is 1. The summed E-state index contributed by atoms with van der Waals surface area (Å²) in [5.41, 5.74) is 1.16. The molecule has 7 heteroatoms. The summed E-state index contributed by atoms with van der Waals surface area (Å²) in [6.45, 7) is 5.34. The summed E-state index contributed by atoms with van der Waals surface area (Å²) in [6.07, 6.45) is 2.08. The van der Waals surface area contributed by atoms with Crippen LogP contribution < -0.4 is 0 Å². The topological polar surface area (TPSA) is 61.6 Å². The number of β-amino-alcohol motifs (C(OH)–C–C–N with tert-alkyl or cyclic N) is 1. The van der Waals surface area contributed by atoms with Crippen LogP contribution in [0.25, 0.3) is 0 Å². The Morgan fingerprint density at radius 1 is 1.21 bits per heavy atom. The fraction of sp³-hybridized carbons (Fsp3) is 0.524. The Bertz CT molecular complexity index is 868. The zero-order valence-corrected chi connectivity index (χ0v) is 16.3. The van der Waals surface area contributed by atoms with E-state index in [0.29, 0.717) is 38.0 Å². The number of carbonyl (C=O) groups excluding carboxylic acids is 1. The number of likely N-dealkylation sites (tertiary alicyclic amines) is 1. The van der Waals surface area contributed by atoms with Gasteiger partial charge in [-0.2, -0.15) is 5.10 Å². The molecule has 2 aliphatic rings. The molecule has 0 spiro atoms. The smallest absolute Gasteiger partial charge is 0.256 e. The normalized spacial score (nSPS) is 23.5. The number of amides is 1. The van der Waals surface area contributed by atoms with Crippen LogP contribution in [-0.2, 0) is 24.4 Å². The zero-order valence-electron chi connectivity index (χ0n) is 16.3. The lowest BCUT2D eigenvalue weighted by atomic mass is 9.90. The number of aliphatic hydroxyl groups is 1. The van der Waals surface area contributed by atoms with Gasteiger partial charge in [0.05, 0.1) is 11.4 Å². The summed E-state index contributed by atoms with van der Waals surface area (Å²) in [5.74, 6) is -0.614. The number of hydrogen-bond acceptors (Lipinski definition) is 4. The Balaban J connectivity index is 1.47. The van der Waals surface area contributed by atoms with Crippen molar-refractivity contribution in [3.63, 3.8) is 0 Å². The molecule has 4 rings (SSSR count). The first-order valence-corrected chi connectivity index (χ1v) is 9.95. The van der Waals surface area contributed by atoms with Crippen LogP contribution in [-0.4, -0.2) is 55.8 Å². The van der Waals surface area contributed by atoms with Gasteiger partial charge in [0.1, 0.15) is 5.82 Å². The molecule has 28 heavy (non-hydrogen) atoms. The van der Waals surface area contributed by atoms with Gasteiger partial charge in [-0.05, 0) is 38.3 Å². The van der Waals surface area contributed by atoms with E-state index in [0.717, 1.165) is 30.9 Å². The SMILES string of the molecule is Cc1cc2n(n1)CCCN(CC1(O)CCCN(Cc3ccccc3F)C1=O)C2. The lowest BCUT2D eigenvalue weighted by Crippen LogP contribution is -2.58. The van der Waals surface area contributed by atoms with E-state index in [4.69, 9.17) is 0 Å². The summed E-state index contributed by atoms with van der Waals surface area (Å²) in [4.78, 5) is 16.8. The van der Waals surface area contributed by atoms with Crippen LogP contribution >= 0.6 is 0 Å². The van der Waals surface area contributed by atoms with E-state index in [2.05, 4.69) is 16.1 Å². The van der Waals surface area contributed by atoms with Crippen LogP contribution in [0.2, 0.25) is 0 Å². The molecule has 1 atom stereocenters. The van der Waals surface area contributed by atoms with E-state index in [9.17, 15) is 14.3 Å². The summed E-state index contributed by atoms with van der Waals surface area (Å²) in [5, 5.41) is 15.7. The fourth-order valence-corrected chi connectivity index (χ4v) is 4.37. The highest BCUT2D eigenvalue weighted by Crippen LogP contribution is 2.27. The Kier molecular flexibility index (Phi) is 5.21. The molecule has 2 aliphatic heterocycles. The molecular formula is C21H27FN4O2. The largest absolute Gasteiger partial charge is 0.379 e. The van der Waals surface area contributed by atoms with Crippen LogP contribution in [0.15, 0.2) is 30.3 Å². The molecule has 0 saturated carbocycles. The molecule has 0 bridgehead atoms. The minimum atomic E-state index is -1.42. The van der Waals surface area contributed by atoms with Gasteiger partial charge in [0.15, 0.2) is 5.60 Å². The number of carbonyl (C=O) groups is 1. The molecule has 1 saturated heterocycles. The van der Waals surface area contributed by atoms with Crippen molar-refractivity contribution in [1.82, 2.24) is 19.6 Å². The molecule has 0 aliphatic carbocycles. The number of halogens is 1. The third kappa shape index (κ3) is 3.82. The highest BCUT2D eigenvalue weighted by atomic mass is 19.1. The summed E-state index contributed by atoms with van der Waals surface area (Å²) < 4.78 is 16.0. The maximum absolute atomic E-state index is 14.0. The molecule has 1 unspecified atom stereocenters. The summed E-state index contributed by atoms with van der Waals surface area (Å²) in [6, 6.07) is 8.56. The van der Waals surface area contributed by atoms with E-state index >= 15 is 0 Å². The Morgan fingerprint density at radius 3 is 2.86 bits per heavy atom. The first-order chi connectivity index (χ1) is 13.4. The monoisotopic (exact) mass is 386 g/mol. The lowest BCUT2D eigenvalue weighted by Gasteiger charge is -2.40. The second kappa shape index (κ2) is 7.64. The van der Waals surface area contributed by atoms with E-state index in [1.165, 1.54) is 6.07 Å². The predicted octanol–water partition coefficient (Wildman–Crippen LogP) is 2.09. The van der Waals surface area contributed by atoms with Crippen LogP contribution in [0.4, 0.5) is 4.39 Å². The Morgan fingerprint density at radius 2 is 2.04 bits per heavy atom. The van der Waals surface area contributed by atoms with Crippen molar-refractivity contribution in [3.8, 4) is 0 Å². The maximum atomic E-state index is 14.0. The number of hydrogen-bond donors (Lipinski definition) is 1. The van der Waals surface area contributed by atoms with E-state index < -0.39 is 5.60 Å². The average Bonchev–Trinajstić information content (AvgIpc) is 2.89. The minimum Gasteiger partial charge on any atom is -0.379 e. The summed E-state index contributed by atoms with van der Waals surface area (Å²) in [7, 11) is 0. The molecule has 1 aromatic carbocycles. The van der Waals surface area contributed by atoms with Crippen molar-refractivity contribution in [2.75, 3.05) is 19.6 Å². The first kappa shape index (κ1) is 19.1. The van der Waals surface area contributed by atoms with Gasteiger partial charge < -0.3 is 10.0 Å². The van der Waals surface area contributed by atoms with Crippen LogP contribution in [0, 0.1) is 12.7 Å². The number of benzene rings is 1. The minimum absolute atomic E-state index is 0.194. The number of rotatable bonds is 4. The van der Waals surface area contributed by atoms with Crippen molar-refractivity contribution in [3.05, 3.63) is 53.1 Å². The van der Waals surface area contributed by atoms with E-state index in [1.54, 1.807) is 23.1 Å². The maximum Gasteiger partial charge on any atom is 0.256 e. The van der Waals surface area contributed by atoms with Gasteiger partial charge in [-0.25, -0.2) is 4.39 Å². The molecule has 0 radical (unpaired) electrons. The molecule has 1 N–H and O–H groups in total. The van der Waals surface area contributed by atoms with Gasteiger partial charge in [0.25, 0.3) is 5.91 Å². The fourth-order valence-electron chi connectivity index (χ4n) is 4.37. The van der Waals surface area contributed by atoms with Gasteiger partial charge in [-0.15, -0.1) is 0 Å². The summed E-state index contributed by atoms with van der Waals surface area (Å²) >= 11 is 0. The quantitative estimate of drug-likeness (QED) is 0.874. The predicted molar refractivity (Wildman–Crippen MR) is 103 cm³/mol. The average molecular weight is 386 g/mol. The zero-order chi connectivity index (χ0) is 19.7. The third-order valence-electron chi connectivity index (χ3n) is 5.72. The lowest BCUT2D eigenvalue weighted by molar-refractivity contribution is -0.160. The van der Waals surface area contributed by atoms with Crippen LogP contribution in [0.3, 0.4) is 0 Å². The Hall–Kier alpha value is -2.25. The van der Waals surface area contributed by atoms with Crippen LogP contribution in [0.5, 0.6) is 0 Å². The van der Waals surface area contributed by atoms with Gasteiger partial charge >= 0.3 is 0 Å². The molecule has 3 heterocycles. The first-order valence-electron chi connectivity index (χ1n) is 9.95. The van der Waals surface area contributed by atoms with Crippen molar-refractivity contribution < 1.29 is 14.3 Å². The molecule has 6 nitrogen and oxygen atoms in total. The van der Waals surface area contributed by atoms with Gasteiger partial charge in [-0.1, -0.05) is 18.2 Å². The number of fused-ring (bicyclic) bond motifs is 1. The third-order valence-corrected chi connectivity index (χ3v) is 5.72. The van der Waals surface area contributed by atoms with Crippen molar-refractivity contribution in [2.45, 2.75) is 51.4 Å². The highest BCUT2D eigenvalue weighted by Gasteiger charge is 2.43. The molecule has 1 amide bonds. The number of aryl methyl sites for hydroxylation is 2.